The minimum absolute atomic E-state index is 0.0482. The van der Waals surface area contributed by atoms with Crippen molar-refractivity contribution >= 4 is 39.3 Å². The van der Waals surface area contributed by atoms with Gasteiger partial charge in [-0.2, -0.15) is 0 Å². The van der Waals surface area contributed by atoms with Gasteiger partial charge < -0.3 is 5.32 Å². The van der Waals surface area contributed by atoms with Crippen molar-refractivity contribution < 1.29 is 4.79 Å². The number of anilines is 1. The normalized spacial score (nSPS) is 10.5. The number of hydrogen-bond acceptors (Lipinski definition) is 2. The molecule has 2 rings (SSSR count). The Labute approximate surface area is 144 Å². The molecule has 0 radical (unpaired) electrons. The summed E-state index contributed by atoms with van der Waals surface area (Å²) in [5.74, 6) is 1.32. The predicted molar refractivity (Wildman–Crippen MR) is 99.6 cm³/mol. The second kappa shape index (κ2) is 7.84. The highest BCUT2D eigenvalue weighted by Gasteiger charge is 2.09. The van der Waals surface area contributed by atoms with Crippen LogP contribution in [0.25, 0.3) is 0 Å². The van der Waals surface area contributed by atoms with Gasteiger partial charge in [0.15, 0.2) is 0 Å². The third-order valence-electron chi connectivity index (χ3n) is 3.39. The highest BCUT2D eigenvalue weighted by atomic mass is 79.9. The van der Waals surface area contributed by atoms with Gasteiger partial charge in [0.2, 0.25) is 5.91 Å². The lowest BCUT2D eigenvalue weighted by Gasteiger charge is -2.13. The topological polar surface area (TPSA) is 29.1 Å². The fourth-order valence-electron chi connectivity index (χ4n) is 2.42. The fraction of sp³-hybridized carbons (Fsp3) is 0.278. The van der Waals surface area contributed by atoms with E-state index >= 15 is 0 Å². The summed E-state index contributed by atoms with van der Waals surface area (Å²) in [5.41, 5.74) is 5.60. The summed E-state index contributed by atoms with van der Waals surface area (Å²) in [7, 11) is 0. The second-order valence-corrected chi connectivity index (χ2v) is 7.25. The zero-order chi connectivity index (χ0) is 16.1. The van der Waals surface area contributed by atoms with Crippen LogP contribution in [0, 0.1) is 20.8 Å². The van der Waals surface area contributed by atoms with Crippen LogP contribution in [0.2, 0.25) is 0 Å². The predicted octanol–water partition coefficient (Wildman–Crippen LogP) is 5.25. The van der Waals surface area contributed by atoms with Crippen LogP contribution in [0.1, 0.15) is 22.3 Å². The summed E-state index contributed by atoms with van der Waals surface area (Å²) in [4.78, 5) is 12.1. The van der Waals surface area contributed by atoms with Gasteiger partial charge in [-0.15, -0.1) is 11.8 Å². The molecule has 0 aliphatic carbocycles. The standard InChI is InChI=1S/C18H20BrNOS/c1-12-8-13(2)18(14(3)9-12)20-17(21)11-22-10-15-6-4-5-7-16(15)19/h4-9H,10-11H2,1-3H3,(H,20,21). The van der Waals surface area contributed by atoms with Crippen molar-refractivity contribution in [3.05, 3.63) is 63.1 Å². The van der Waals surface area contributed by atoms with E-state index in [1.807, 2.05) is 32.0 Å². The van der Waals surface area contributed by atoms with Crippen LogP contribution in [0.4, 0.5) is 5.69 Å². The summed E-state index contributed by atoms with van der Waals surface area (Å²) in [6, 6.07) is 12.3. The number of halogens is 1. The highest BCUT2D eigenvalue weighted by Crippen LogP contribution is 2.24. The van der Waals surface area contributed by atoms with Gasteiger partial charge in [0.25, 0.3) is 0 Å². The minimum Gasteiger partial charge on any atom is -0.325 e. The molecule has 2 aromatic carbocycles. The first-order valence-corrected chi connectivity index (χ1v) is 9.11. The number of amides is 1. The molecule has 1 N–H and O–H groups in total. The summed E-state index contributed by atoms with van der Waals surface area (Å²) in [6.45, 7) is 6.13. The molecular weight excluding hydrogens is 358 g/mol. The summed E-state index contributed by atoms with van der Waals surface area (Å²) in [5, 5.41) is 3.04. The molecule has 0 atom stereocenters. The molecule has 2 aromatic rings. The number of rotatable bonds is 5. The average molecular weight is 378 g/mol. The van der Waals surface area contributed by atoms with E-state index in [1.54, 1.807) is 11.8 Å². The largest absolute Gasteiger partial charge is 0.325 e. The van der Waals surface area contributed by atoms with Gasteiger partial charge in [-0.1, -0.05) is 51.8 Å². The quantitative estimate of drug-likeness (QED) is 0.770. The lowest BCUT2D eigenvalue weighted by Crippen LogP contribution is -2.16. The van der Waals surface area contributed by atoms with Gasteiger partial charge in [-0.3, -0.25) is 4.79 Å². The van der Waals surface area contributed by atoms with E-state index in [4.69, 9.17) is 0 Å². The molecule has 0 unspecified atom stereocenters. The lowest BCUT2D eigenvalue weighted by molar-refractivity contribution is -0.113. The number of hydrogen-bond donors (Lipinski definition) is 1. The zero-order valence-corrected chi connectivity index (χ0v) is 15.5. The van der Waals surface area contributed by atoms with E-state index in [9.17, 15) is 4.79 Å². The number of benzene rings is 2. The van der Waals surface area contributed by atoms with Crippen LogP contribution >= 0.6 is 27.7 Å². The highest BCUT2D eigenvalue weighted by molar-refractivity contribution is 9.10. The lowest BCUT2D eigenvalue weighted by atomic mass is 10.1. The minimum atomic E-state index is 0.0482. The number of aryl methyl sites for hydroxylation is 3. The van der Waals surface area contributed by atoms with E-state index in [0.29, 0.717) is 5.75 Å². The van der Waals surface area contributed by atoms with Crippen molar-refractivity contribution in [2.75, 3.05) is 11.1 Å². The molecular formula is C18H20BrNOS. The van der Waals surface area contributed by atoms with E-state index < -0.39 is 0 Å². The molecule has 1 amide bonds. The maximum absolute atomic E-state index is 12.1. The van der Waals surface area contributed by atoms with Crippen molar-refractivity contribution in [3.63, 3.8) is 0 Å². The first-order chi connectivity index (χ1) is 10.5. The third kappa shape index (κ3) is 4.62. The smallest absolute Gasteiger partial charge is 0.234 e. The molecule has 0 aromatic heterocycles. The molecule has 116 valence electrons. The van der Waals surface area contributed by atoms with Gasteiger partial charge in [0.1, 0.15) is 0 Å². The van der Waals surface area contributed by atoms with Crippen LogP contribution in [0.15, 0.2) is 40.9 Å². The van der Waals surface area contributed by atoms with E-state index in [1.165, 1.54) is 11.1 Å². The Morgan fingerprint density at radius 3 is 2.41 bits per heavy atom. The van der Waals surface area contributed by atoms with Crippen LogP contribution in [-0.2, 0) is 10.5 Å². The maximum atomic E-state index is 12.1. The Morgan fingerprint density at radius 2 is 1.77 bits per heavy atom. The number of thioether (sulfide) groups is 1. The van der Waals surface area contributed by atoms with Gasteiger partial charge in [0.05, 0.1) is 5.75 Å². The molecule has 0 aliphatic heterocycles. The molecule has 0 spiro atoms. The summed E-state index contributed by atoms with van der Waals surface area (Å²) < 4.78 is 1.09. The molecule has 4 heteroatoms. The van der Waals surface area contributed by atoms with E-state index in [2.05, 4.69) is 46.4 Å². The van der Waals surface area contributed by atoms with E-state index in [-0.39, 0.29) is 5.91 Å². The first-order valence-electron chi connectivity index (χ1n) is 7.16. The maximum Gasteiger partial charge on any atom is 0.234 e. The zero-order valence-electron chi connectivity index (χ0n) is 13.1. The SMILES string of the molecule is Cc1cc(C)c(NC(=O)CSCc2ccccc2Br)c(C)c1. The molecule has 0 fully saturated rings. The Morgan fingerprint density at radius 1 is 1.14 bits per heavy atom. The van der Waals surface area contributed by atoms with Crippen molar-refractivity contribution in [2.45, 2.75) is 26.5 Å². The van der Waals surface area contributed by atoms with Gasteiger partial charge in [-0.25, -0.2) is 0 Å². The molecule has 22 heavy (non-hydrogen) atoms. The van der Waals surface area contributed by atoms with Gasteiger partial charge in [0, 0.05) is 15.9 Å². The third-order valence-corrected chi connectivity index (χ3v) is 5.15. The van der Waals surface area contributed by atoms with Crippen LogP contribution < -0.4 is 5.32 Å². The van der Waals surface area contributed by atoms with Gasteiger partial charge >= 0.3 is 0 Å². The number of nitrogens with one attached hydrogen (secondary N) is 1. The molecule has 0 saturated heterocycles. The Hall–Kier alpha value is -1.26. The van der Waals surface area contributed by atoms with Crippen LogP contribution in [0.3, 0.4) is 0 Å². The van der Waals surface area contributed by atoms with Crippen LogP contribution in [0.5, 0.6) is 0 Å². The monoisotopic (exact) mass is 377 g/mol. The molecule has 2 nitrogen and oxygen atoms in total. The van der Waals surface area contributed by atoms with Crippen LogP contribution in [-0.4, -0.2) is 11.7 Å². The van der Waals surface area contributed by atoms with Gasteiger partial charge in [-0.05, 0) is 43.5 Å². The Balaban J connectivity index is 1.90. The number of carbonyl (C=O) groups excluding carboxylic acids is 1. The van der Waals surface area contributed by atoms with Crippen molar-refractivity contribution in [3.8, 4) is 0 Å². The van der Waals surface area contributed by atoms with Crippen molar-refractivity contribution in [1.29, 1.82) is 0 Å². The van der Waals surface area contributed by atoms with Crippen molar-refractivity contribution in [2.24, 2.45) is 0 Å². The molecule has 0 heterocycles. The van der Waals surface area contributed by atoms with Crippen molar-refractivity contribution in [1.82, 2.24) is 0 Å². The fourth-order valence-corrected chi connectivity index (χ4v) is 3.86. The summed E-state index contributed by atoms with van der Waals surface area (Å²) in [6.07, 6.45) is 0. The Kier molecular flexibility index (Phi) is 6.09. The van der Waals surface area contributed by atoms with E-state index in [0.717, 1.165) is 27.0 Å². The first kappa shape index (κ1) is 17.1. The molecule has 0 bridgehead atoms. The summed E-state index contributed by atoms with van der Waals surface area (Å²) >= 11 is 5.15. The Bertz CT molecular complexity index is 662. The molecule has 0 saturated carbocycles. The molecule has 0 aliphatic rings. The second-order valence-electron chi connectivity index (χ2n) is 5.41. The average Bonchev–Trinajstić information content (AvgIpc) is 2.45. The number of carbonyl (C=O) groups is 1.